The van der Waals surface area contributed by atoms with Crippen LogP contribution in [0.1, 0.15) is 23.4 Å². The zero-order valence-corrected chi connectivity index (χ0v) is 7.88. The highest BCUT2D eigenvalue weighted by Gasteiger charge is 2.21. The molecule has 2 rings (SSSR count). The number of furan rings is 1. The molecule has 2 heterocycles. The summed E-state index contributed by atoms with van der Waals surface area (Å²) < 4.78 is 5.03. The van der Waals surface area contributed by atoms with Crippen LogP contribution in [0, 0.1) is 0 Å². The van der Waals surface area contributed by atoms with Crippen molar-refractivity contribution >= 4 is 17.5 Å². The van der Waals surface area contributed by atoms with Gasteiger partial charge in [-0.15, -0.1) is 0 Å². The number of rotatable bonds is 1. The number of carbonyl (C=O) groups is 1. The molecule has 0 bridgehead atoms. The van der Waals surface area contributed by atoms with E-state index in [0.29, 0.717) is 5.76 Å². The molecule has 1 aromatic heterocycles. The molecule has 1 amide bonds. The van der Waals surface area contributed by atoms with Gasteiger partial charge in [-0.2, -0.15) is 0 Å². The van der Waals surface area contributed by atoms with Crippen LogP contribution in [-0.4, -0.2) is 23.9 Å². The lowest BCUT2D eigenvalue weighted by atomic mass is 10.4. The number of halogens is 1. The van der Waals surface area contributed by atoms with Crippen molar-refractivity contribution < 1.29 is 9.21 Å². The molecule has 0 unspecified atom stereocenters. The zero-order valence-electron chi connectivity index (χ0n) is 7.12. The van der Waals surface area contributed by atoms with Crippen molar-refractivity contribution in [2.45, 2.75) is 12.8 Å². The third-order valence-corrected chi connectivity index (χ3v) is 2.38. The summed E-state index contributed by atoms with van der Waals surface area (Å²) in [6.45, 7) is 1.66. The average Bonchev–Trinajstić information content (AvgIpc) is 2.72. The lowest BCUT2D eigenvalue weighted by molar-refractivity contribution is 0.0761. The smallest absolute Gasteiger partial charge is 0.289 e. The molecule has 1 fully saturated rings. The Labute approximate surface area is 81.3 Å². The summed E-state index contributed by atoms with van der Waals surface area (Å²) in [6.07, 6.45) is 2.17. The Morgan fingerprint density at radius 1 is 1.38 bits per heavy atom. The van der Waals surface area contributed by atoms with Crippen LogP contribution in [0.5, 0.6) is 0 Å². The second kappa shape index (κ2) is 3.42. The lowest BCUT2D eigenvalue weighted by Gasteiger charge is -2.12. The summed E-state index contributed by atoms with van der Waals surface area (Å²) in [6, 6.07) is 3.20. The molecule has 4 heteroatoms. The molecule has 1 aliphatic rings. The third-order valence-electron chi connectivity index (χ3n) is 2.18. The van der Waals surface area contributed by atoms with Crippen LogP contribution in [0.4, 0.5) is 0 Å². The van der Waals surface area contributed by atoms with Gasteiger partial charge < -0.3 is 9.32 Å². The molecule has 13 heavy (non-hydrogen) atoms. The van der Waals surface area contributed by atoms with E-state index >= 15 is 0 Å². The molecule has 0 aliphatic carbocycles. The van der Waals surface area contributed by atoms with Gasteiger partial charge in [0.2, 0.25) is 0 Å². The second-order valence-electron chi connectivity index (χ2n) is 3.10. The molecule has 0 aromatic carbocycles. The van der Waals surface area contributed by atoms with E-state index in [4.69, 9.17) is 16.0 Å². The fourth-order valence-electron chi connectivity index (χ4n) is 1.51. The number of nitrogens with zero attached hydrogens (tertiary/aromatic N) is 1. The van der Waals surface area contributed by atoms with Gasteiger partial charge in [0.1, 0.15) is 0 Å². The Bertz CT molecular complexity index is 315. The quantitative estimate of drug-likeness (QED) is 0.695. The molecular formula is C9H10ClNO2. The topological polar surface area (TPSA) is 33.5 Å². The van der Waals surface area contributed by atoms with Gasteiger partial charge in [-0.25, -0.2) is 0 Å². The van der Waals surface area contributed by atoms with Crippen molar-refractivity contribution in [2.75, 3.05) is 13.1 Å². The van der Waals surface area contributed by atoms with Gasteiger partial charge >= 0.3 is 0 Å². The van der Waals surface area contributed by atoms with Crippen LogP contribution in [0.15, 0.2) is 16.5 Å². The first-order chi connectivity index (χ1) is 6.27. The predicted molar refractivity (Wildman–Crippen MR) is 48.9 cm³/mol. The lowest BCUT2D eigenvalue weighted by Crippen LogP contribution is -2.27. The molecule has 0 spiro atoms. The van der Waals surface area contributed by atoms with E-state index in [0.717, 1.165) is 25.9 Å². The Balaban J connectivity index is 2.12. The summed E-state index contributed by atoms with van der Waals surface area (Å²) in [5.41, 5.74) is 0. The fraction of sp³-hybridized carbons (Fsp3) is 0.444. The summed E-state index contributed by atoms with van der Waals surface area (Å²) in [7, 11) is 0. The van der Waals surface area contributed by atoms with Gasteiger partial charge in [-0.05, 0) is 36.6 Å². The summed E-state index contributed by atoms with van der Waals surface area (Å²) in [5, 5.41) is 0.266. The van der Waals surface area contributed by atoms with E-state index in [1.165, 1.54) is 0 Å². The Morgan fingerprint density at radius 3 is 2.62 bits per heavy atom. The van der Waals surface area contributed by atoms with Crippen LogP contribution >= 0.6 is 11.6 Å². The van der Waals surface area contributed by atoms with Gasteiger partial charge in [0.05, 0.1) is 0 Å². The molecule has 3 nitrogen and oxygen atoms in total. The van der Waals surface area contributed by atoms with Gasteiger partial charge in [0, 0.05) is 13.1 Å². The van der Waals surface area contributed by atoms with Crippen LogP contribution in [-0.2, 0) is 0 Å². The molecule has 0 N–H and O–H groups in total. The van der Waals surface area contributed by atoms with Crippen molar-refractivity contribution in [3.05, 3.63) is 23.1 Å². The van der Waals surface area contributed by atoms with E-state index in [1.54, 1.807) is 17.0 Å². The number of amides is 1. The van der Waals surface area contributed by atoms with Crippen LogP contribution < -0.4 is 0 Å². The largest absolute Gasteiger partial charge is 0.440 e. The standard InChI is InChI=1S/C9H10ClNO2/c10-8-4-3-7(13-8)9(12)11-5-1-2-6-11/h3-4H,1-2,5-6H2. The van der Waals surface area contributed by atoms with Gasteiger partial charge in [-0.3, -0.25) is 4.79 Å². The minimum Gasteiger partial charge on any atom is -0.440 e. The molecular weight excluding hydrogens is 190 g/mol. The maximum Gasteiger partial charge on any atom is 0.289 e. The molecule has 0 saturated carbocycles. The normalized spacial score (nSPS) is 16.5. The number of hydrogen-bond acceptors (Lipinski definition) is 2. The fourth-order valence-corrected chi connectivity index (χ4v) is 1.65. The van der Waals surface area contributed by atoms with Crippen molar-refractivity contribution in [3.63, 3.8) is 0 Å². The first kappa shape index (κ1) is 8.63. The average molecular weight is 200 g/mol. The van der Waals surface area contributed by atoms with Crippen LogP contribution in [0.3, 0.4) is 0 Å². The first-order valence-electron chi connectivity index (χ1n) is 4.32. The summed E-state index contributed by atoms with van der Waals surface area (Å²) in [5.74, 6) is 0.288. The predicted octanol–water partition coefficient (Wildman–Crippen LogP) is 2.17. The van der Waals surface area contributed by atoms with E-state index in [2.05, 4.69) is 0 Å². The van der Waals surface area contributed by atoms with Crippen molar-refractivity contribution in [2.24, 2.45) is 0 Å². The van der Waals surface area contributed by atoms with E-state index in [-0.39, 0.29) is 11.1 Å². The summed E-state index contributed by atoms with van der Waals surface area (Å²) >= 11 is 5.57. The number of hydrogen-bond donors (Lipinski definition) is 0. The Kier molecular flexibility index (Phi) is 2.27. The molecule has 0 radical (unpaired) electrons. The minimum absolute atomic E-state index is 0.0515. The highest BCUT2D eigenvalue weighted by Crippen LogP contribution is 2.17. The SMILES string of the molecule is O=C(c1ccc(Cl)o1)N1CCCC1. The Morgan fingerprint density at radius 2 is 2.08 bits per heavy atom. The highest BCUT2D eigenvalue weighted by molar-refractivity contribution is 6.29. The van der Waals surface area contributed by atoms with E-state index in [1.807, 2.05) is 0 Å². The van der Waals surface area contributed by atoms with Gasteiger partial charge in [0.15, 0.2) is 11.0 Å². The summed E-state index contributed by atoms with van der Waals surface area (Å²) in [4.78, 5) is 13.4. The van der Waals surface area contributed by atoms with Crippen molar-refractivity contribution in [1.29, 1.82) is 0 Å². The molecule has 0 atom stereocenters. The van der Waals surface area contributed by atoms with Gasteiger partial charge in [-0.1, -0.05) is 0 Å². The monoisotopic (exact) mass is 199 g/mol. The third kappa shape index (κ3) is 1.70. The molecule has 1 saturated heterocycles. The van der Waals surface area contributed by atoms with Crippen LogP contribution in [0.25, 0.3) is 0 Å². The maximum absolute atomic E-state index is 11.6. The number of likely N-dealkylation sites (tertiary alicyclic amines) is 1. The molecule has 1 aliphatic heterocycles. The second-order valence-corrected chi connectivity index (χ2v) is 3.48. The van der Waals surface area contributed by atoms with Crippen LogP contribution in [0.2, 0.25) is 5.22 Å². The van der Waals surface area contributed by atoms with Crippen molar-refractivity contribution in [3.8, 4) is 0 Å². The van der Waals surface area contributed by atoms with E-state index in [9.17, 15) is 4.79 Å². The molecule has 70 valence electrons. The minimum atomic E-state index is -0.0515. The van der Waals surface area contributed by atoms with E-state index < -0.39 is 0 Å². The molecule has 1 aromatic rings. The van der Waals surface area contributed by atoms with Crippen molar-refractivity contribution in [1.82, 2.24) is 4.90 Å². The Hall–Kier alpha value is -0.960. The first-order valence-corrected chi connectivity index (χ1v) is 4.70. The highest BCUT2D eigenvalue weighted by atomic mass is 35.5. The number of carbonyl (C=O) groups excluding carboxylic acids is 1. The zero-order chi connectivity index (χ0) is 9.26. The van der Waals surface area contributed by atoms with Gasteiger partial charge in [0.25, 0.3) is 5.91 Å². The maximum atomic E-state index is 11.6.